The molecule has 0 atom stereocenters. The van der Waals surface area contributed by atoms with E-state index in [1.54, 1.807) is 35.0 Å². The van der Waals surface area contributed by atoms with Gasteiger partial charge in [0.25, 0.3) is 5.91 Å². The lowest BCUT2D eigenvalue weighted by Gasteiger charge is -2.09. The number of hydrogen-bond acceptors (Lipinski definition) is 5. The fraction of sp³-hybridized carbons (Fsp3) is 0.130. The fourth-order valence-corrected chi connectivity index (χ4v) is 2.75. The number of rotatable bonds is 6. The predicted molar refractivity (Wildman–Crippen MR) is 113 cm³/mol. The van der Waals surface area contributed by atoms with Gasteiger partial charge in [-0.3, -0.25) is 4.79 Å². The minimum atomic E-state index is -0.532. The summed E-state index contributed by atoms with van der Waals surface area (Å²) in [6.07, 6.45) is 1.49. The normalized spacial score (nSPS) is 10.7. The van der Waals surface area contributed by atoms with Crippen molar-refractivity contribution in [2.75, 3.05) is 11.9 Å². The monoisotopic (exact) mass is 397 g/mol. The number of hydrogen-bond donors (Lipinski definition) is 1. The lowest BCUT2D eigenvalue weighted by molar-refractivity contribution is -0.112. The van der Waals surface area contributed by atoms with E-state index >= 15 is 0 Å². The summed E-state index contributed by atoms with van der Waals surface area (Å²) >= 11 is 0. The highest BCUT2D eigenvalue weighted by atomic mass is 16.5. The van der Waals surface area contributed by atoms with Gasteiger partial charge in [0, 0.05) is 6.07 Å². The van der Waals surface area contributed by atoms with Crippen LogP contribution in [-0.4, -0.2) is 22.3 Å². The van der Waals surface area contributed by atoms with Gasteiger partial charge in [-0.15, -0.1) is 0 Å². The van der Waals surface area contributed by atoms with E-state index in [1.807, 2.05) is 50.3 Å². The minimum absolute atomic E-state index is 0.0463. The Bertz CT molecular complexity index is 1160. The number of nitrogens with one attached hydrogen (secondary N) is 1. The molecule has 1 aromatic heterocycles. The van der Waals surface area contributed by atoms with Crippen LogP contribution in [0, 0.1) is 36.5 Å². The molecule has 0 radical (unpaired) electrons. The molecule has 30 heavy (non-hydrogen) atoms. The molecule has 0 saturated heterocycles. The number of carbonyl (C=O) groups is 1. The van der Waals surface area contributed by atoms with Crippen LogP contribution in [0.15, 0.2) is 60.2 Å². The van der Waals surface area contributed by atoms with Crippen molar-refractivity contribution in [1.29, 1.82) is 10.5 Å². The predicted octanol–water partition coefficient (Wildman–Crippen LogP) is 3.94. The second-order valence-electron chi connectivity index (χ2n) is 6.56. The van der Waals surface area contributed by atoms with Crippen molar-refractivity contribution in [3.8, 4) is 23.6 Å². The Hall–Kier alpha value is -4.36. The Labute approximate surface area is 174 Å². The van der Waals surface area contributed by atoms with Crippen LogP contribution >= 0.6 is 0 Å². The van der Waals surface area contributed by atoms with Crippen molar-refractivity contribution in [2.45, 2.75) is 13.8 Å². The zero-order valence-corrected chi connectivity index (χ0v) is 16.6. The van der Waals surface area contributed by atoms with Crippen molar-refractivity contribution in [2.24, 2.45) is 0 Å². The first-order valence-electron chi connectivity index (χ1n) is 9.17. The number of benzene rings is 2. The Morgan fingerprint density at radius 3 is 2.47 bits per heavy atom. The van der Waals surface area contributed by atoms with Crippen LogP contribution in [0.4, 0.5) is 5.82 Å². The third kappa shape index (κ3) is 4.92. The van der Waals surface area contributed by atoms with E-state index in [2.05, 4.69) is 10.4 Å². The summed E-state index contributed by atoms with van der Waals surface area (Å²) in [4.78, 5) is 12.7. The smallest absolute Gasteiger partial charge is 0.267 e. The molecule has 7 heteroatoms. The molecule has 0 bridgehead atoms. The standard InChI is InChI=1S/C23H19N5O2/c1-16-3-7-20(8-4-16)28-22(13-17(2)27-28)26-23(29)19(15-25)14-18-5-9-21(10-6-18)30-12-11-24/h3-10,13-14H,12H2,1-2H3,(H,26,29)/b19-14+. The number of nitriles is 2. The van der Waals surface area contributed by atoms with Crippen molar-refractivity contribution >= 4 is 17.8 Å². The maximum atomic E-state index is 12.7. The van der Waals surface area contributed by atoms with Gasteiger partial charge in [0.1, 0.15) is 29.3 Å². The van der Waals surface area contributed by atoms with Gasteiger partial charge in [-0.25, -0.2) is 4.68 Å². The molecular formula is C23H19N5O2. The van der Waals surface area contributed by atoms with Crippen LogP contribution < -0.4 is 10.1 Å². The van der Waals surface area contributed by atoms with Gasteiger partial charge in [0.05, 0.1) is 11.4 Å². The second kappa shape index (κ2) is 9.22. The van der Waals surface area contributed by atoms with E-state index in [0.717, 1.165) is 16.9 Å². The van der Waals surface area contributed by atoms with Gasteiger partial charge in [0.2, 0.25) is 0 Å². The van der Waals surface area contributed by atoms with E-state index < -0.39 is 5.91 Å². The molecule has 1 N–H and O–H groups in total. The summed E-state index contributed by atoms with van der Waals surface area (Å²) in [5, 5.41) is 25.2. The van der Waals surface area contributed by atoms with Crippen LogP contribution in [0.2, 0.25) is 0 Å². The van der Waals surface area contributed by atoms with Gasteiger partial charge in [-0.1, -0.05) is 29.8 Å². The molecule has 148 valence electrons. The molecule has 0 unspecified atom stereocenters. The molecule has 0 fully saturated rings. The van der Waals surface area contributed by atoms with Crippen LogP contribution in [-0.2, 0) is 4.79 Å². The van der Waals surface area contributed by atoms with E-state index in [9.17, 15) is 10.1 Å². The van der Waals surface area contributed by atoms with E-state index in [1.165, 1.54) is 6.08 Å². The Morgan fingerprint density at radius 1 is 1.13 bits per heavy atom. The first-order chi connectivity index (χ1) is 14.5. The van der Waals surface area contributed by atoms with Gasteiger partial charge in [0.15, 0.2) is 6.61 Å². The van der Waals surface area contributed by atoms with Crippen molar-refractivity contribution in [3.05, 3.63) is 77.0 Å². The van der Waals surface area contributed by atoms with Gasteiger partial charge in [-0.2, -0.15) is 15.6 Å². The number of aryl methyl sites for hydroxylation is 2. The highest BCUT2D eigenvalue weighted by Gasteiger charge is 2.14. The lowest BCUT2D eigenvalue weighted by atomic mass is 10.1. The topological polar surface area (TPSA) is 104 Å². The molecule has 1 amide bonds. The number of ether oxygens (including phenoxy) is 1. The van der Waals surface area contributed by atoms with Crippen LogP contribution in [0.25, 0.3) is 11.8 Å². The third-order valence-corrected chi connectivity index (χ3v) is 4.21. The number of carbonyl (C=O) groups excluding carboxylic acids is 1. The maximum Gasteiger partial charge on any atom is 0.267 e. The van der Waals surface area contributed by atoms with Crippen LogP contribution in [0.3, 0.4) is 0 Å². The molecule has 3 aromatic rings. The van der Waals surface area contributed by atoms with Crippen molar-refractivity contribution < 1.29 is 9.53 Å². The first-order valence-corrected chi connectivity index (χ1v) is 9.17. The molecule has 3 rings (SSSR count). The molecule has 0 spiro atoms. The number of amides is 1. The fourth-order valence-electron chi connectivity index (χ4n) is 2.75. The van der Waals surface area contributed by atoms with Crippen LogP contribution in [0.1, 0.15) is 16.8 Å². The quantitative estimate of drug-likeness (QED) is 0.501. The van der Waals surface area contributed by atoms with Crippen molar-refractivity contribution in [1.82, 2.24) is 9.78 Å². The Kier molecular flexibility index (Phi) is 6.26. The zero-order valence-electron chi connectivity index (χ0n) is 16.6. The summed E-state index contributed by atoms with van der Waals surface area (Å²) in [6, 6.07) is 20.1. The summed E-state index contributed by atoms with van der Waals surface area (Å²) in [7, 11) is 0. The van der Waals surface area contributed by atoms with Crippen molar-refractivity contribution in [3.63, 3.8) is 0 Å². The van der Waals surface area contributed by atoms with Gasteiger partial charge >= 0.3 is 0 Å². The molecule has 1 heterocycles. The summed E-state index contributed by atoms with van der Waals surface area (Å²) in [6.45, 7) is 3.78. The second-order valence-corrected chi connectivity index (χ2v) is 6.56. The highest BCUT2D eigenvalue weighted by Crippen LogP contribution is 2.19. The largest absolute Gasteiger partial charge is 0.479 e. The summed E-state index contributed by atoms with van der Waals surface area (Å²) in [5.74, 6) is 0.479. The molecule has 0 aliphatic rings. The highest BCUT2D eigenvalue weighted by molar-refractivity contribution is 6.09. The molecule has 0 aliphatic heterocycles. The Balaban J connectivity index is 1.81. The number of anilines is 1. The maximum absolute atomic E-state index is 12.7. The SMILES string of the molecule is Cc1ccc(-n2nc(C)cc2NC(=O)/C(C#N)=C/c2ccc(OCC#N)cc2)cc1. The third-order valence-electron chi connectivity index (χ3n) is 4.21. The van der Waals surface area contributed by atoms with Crippen LogP contribution in [0.5, 0.6) is 5.75 Å². The molecule has 0 aliphatic carbocycles. The number of nitrogens with zero attached hydrogens (tertiary/aromatic N) is 4. The summed E-state index contributed by atoms with van der Waals surface area (Å²) < 4.78 is 6.82. The average Bonchev–Trinajstić information content (AvgIpc) is 3.11. The average molecular weight is 397 g/mol. The van der Waals surface area contributed by atoms with Gasteiger partial charge < -0.3 is 10.1 Å². The zero-order chi connectivity index (χ0) is 21.5. The van der Waals surface area contributed by atoms with E-state index in [-0.39, 0.29) is 12.2 Å². The molecular weight excluding hydrogens is 378 g/mol. The minimum Gasteiger partial charge on any atom is -0.479 e. The Morgan fingerprint density at radius 2 is 1.83 bits per heavy atom. The molecule has 0 saturated carbocycles. The lowest BCUT2D eigenvalue weighted by Crippen LogP contribution is -2.16. The molecule has 2 aromatic carbocycles. The first kappa shape index (κ1) is 20.4. The molecule has 7 nitrogen and oxygen atoms in total. The van der Waals surface area contributed by atoms with Gasteiger partial charge in [-0.05, 0) is 49.8 Å². The summed E-state index contributed by atoms with van der Waals surface area (Å²) in [5.41, 5.74) is 3.27. The number of aromatic nitrogens is 2. The van der Waals surface area contributed by atoms with E-state index in [0.29, 0.717) is 17.1 Å². The van der Waals surface area contributed by atoms with E-state index in [4.69, 9.17) is 10.00 Å².